The molecule has 24 heavy (non-hydrogen) atoms. The summed E-state index contributed by atoms with van der Waals surface area (Å²) >= 11 is 1.48. The minimum Gasteiger partial charge on any atom is -0.459 e. The van der Waals surface area contributed by atoms with Gasteiger partial charge in [-0.1, -0.05) is 0 Å². The van der Waals surface area contributed by atoms with Crippen LogP contribution in [0.1, 0.15) is 25.9 Å². The van der Waals surface area contributed by atoms with Crippen molar-refractivity contribution in [2.24, 2.45) is 0 Å². The van der Waals surface area contributed by atoms with Crippen LogP contribution < -0.4 is 0 Å². The minimum atomic E-state index is -3.50. The van der Waals surface area contributed by atoms with Crippen LogP contribution >= 0.6 is 11.3 Å². The highest BCUT2D eigenvalue weighted by atomic mass is 32.2. The Labute approximate surface area is 145 Å². The Morgan fingerprint density at radius 2 is 1.83 bits per heavy atom. The molecule has 1 fully saturated rings. The van der Waals surface area contributed by atoms with E-state index in [9.17, 15) is 13.2 Å². The number of hydrogen-bond acceptors (Lipinski definition) is 5. The molecule has 1 aliphatic heterocycles. The normalized spacial score (nSPS) is 16.5. The maximum Gasteiger partial charge on any atom is 0.289 e. The molecule has 0 unspecified atom stereocenters. The Morgan fingerprint density at radius 3 is 2.33 bits per heavy atom. The lowest BCUT2D eigenvalue weighted by molar-refractivity contribution is 0.0665. The number of carbonyl (C=O) groups excluding carboxylic acids is 1. The number of amides is 1. The van der Waals surface area contributed by atoms with Gasteiger partial charge >= 0.3 is 0 Å². The zero-order valence-corrected chi connectivity index (χ0v) is 15.5. The lowest BCUT2D eigenvalue weighted by atomic mass is 10.2. The van der Waals surface area contributed by atoms with E-state index < -0.39 is 10.0 Å². The number of sulfonamides is 1. The van der Waals surface area contributed by atoms with Crippen LogP contribution in [-0.2, 0) is 10.0 Å². The SMILES string of the molecule is Cc1cc(S(=O)(=O)N2CCN(C(=O)c3occc3C)CC2)c(C)s1. The summed E-state index contributed by atoms with van der Waals surface area (Å²) < 4.78 is 32.3. The monoisotopic (exact) mass is 368 g/mol. The van der Waals surface area contributed by atoms with E-state index in [1.807, 2.05) is 20.8 Å². The lowest BCUT2D eigenvalue weighted by Gasteiger charge is -2.33. The van der Waals surface area contributed by atoms with Crippen molar-refractivity contribution in [2.45, 2.75) is 25.7 Å². The summed E-state index contributed by atoms with van der Waals surface area (Å²) in [6.07, 6.45) is 1.49. The van der Waals surface area contributed by atoms with E-state index in [2.05, 4.69) is 0 Å². The zero-order valence-electron chi connectivity index (χ0n) is 13.9. The lowest BCUT2D eigenvalue weighted by Crippen LogP contribution is -2.50. The van der Waals surface area contributed by atoms with Crippen LogP contribution in [0, 0.1) is 20.8 Å². The van der Waals surface area contributed by atoms with Crippen LogP contribution in [0.3, 0.4) is 0 Å². The second kappa shape index (κ2) is 6.34. The van der Waals surface area contributed by atoms with Gasteiger partial charge in [0.05, 0.1) is 11.2 Å². The van der Waals surface area contributed by atoms with E-state index >= 15 is 0 Å². The molecule has 0 radical (unpaired) electrons. The third kappa shape index (κ3) is 3.01. The molecule has 3 rings (SSSR count). The van der Waals surface area contributed by atoms with E-state index in [1.165, 1.54) is 21.9 Å². The number of carbonyl (C=O) groups is 1. The standard InChI is InChI=1S/C16H20N2O4S2/c1-11-4-9-22-15(11)16(19)17-5-7-18(8-6-17)24(20,21)14-10-12(2)23-13(14)3/h4,9-10H,5-8H2,1-3H3. The highest BCUT2D eigenvalue weighted by Gasteiger charge is 2.32. The summed E-state index contributed by atoms with van der Waals surface area (Å²) in [4.78, 5) is 16.2. The number of piperazine rings is 1. The molecule has 2 aromatic heterocycles. The summed E-state index contributed by atoms with van der Waals surface area (Å²) in [6, 6.07) is 3.47. The van der Waals surface area contributed by atoms with E-state index in [0.717, 1.165) is 15.3 Å². The van der Waals surface area contributed by atoms with E-state index in [-0.39, 0.29) is 5.91 Å². The quantitative estimate of drug-likeness (QED) is 0.834. The summed E-state index contributed by atoms with van der Waals surface area (Å²) in [7, 11) is -3.50. The fourth-order valence-corrected chi connectivity index (χ4v) is 5.82. The van der Waals surface area contributed by atoms with E-state index in [1.54, 1.807) is 17.0 Å². The molecule has 0 N–H and O–H groups in total. The minimum absolute atomic E-state index is 0.183. The molecule has 1 aliphatic rings. The second-order valence-electron chi connectivity index (χ2n) is 5.91. The van der Waals surface area contributed by atoms with Gasteiger partial charge in [0.2, 0.25) is 10.0 Å². The summed E-state index contributed by atoms with van der Waals surface area (Å²) in [5.74, 6) is 0.146. The average molecular weight is 368 g/mol. The molecule has 6 nitrogen and oxygen atoms in total. The Bertz CT molecular complexity index is 859. The van der Waals surface area contributed by atoms with Gasteiger partial charge in [-0.25, -0.2) is 8.42 Å². The fourth-order valence-electron chi connectivity index (χ4n) is 2.87. The van der Waals surface area contributed by atoms with Crippen molar-refractivity contribution in [1.82, 2.24) is 9.21 Å². The van der Waals surface area contributed by atoms with E-state index in [0.29, 0.717) is 36.8 Å². The van der Waals surface area contributed by atoms with Gasteiger partial charge < -0.3 is 9.32 Å². The van der Waals surface area contributed by atoms with Crippen LogP contribution in [-0.4, -0.2) is 49.7 Å². The number of nitrogens with zero attached hydrogens (tertiary/aromatic N) is 2. The third-order valence-corrected chi connectivity index (χ3v) is 7.32. The van der Waals surface area contributed by atoms with Gasteiger partial charge in [0.15, 0.2) is 5.76 Å². The molecule has 0 atom stereocenters. The van der Waals surface area contributed by atoms with Crippen molar-refractivity contribution in [3.05, 3.63) is 39.5 Å². The Morgan fingerprint density at radius 1 is 1.17 bits per heavy atom. The molecule has 0 bridgehead atoms. The first kappa shape index (κ1) is 17.2. The predicted molar refractivity (Wildman–Crippen MR) is 91.9 cm³/mol. The van der Waals surface area contributed by atoms with Crippen LogP contribution in [0.15, 0.2) is 27.7 Å². The van der Waals surface area contributed by atoms with Gasteiger partial charge in [0.25, 0.3) is 5.91 Å². The summed E-state index contributed by atoms with van der Waals surface area (Å²) in [6.45, 7) is 6.85. The molecule has 0 saturated carbocycles. The van der Waals surface area contributed by atoms with Crippen molar-refractivity contribution in [2.75, 3.05) is 26.2 Å². The molecule has 130 valence electrons. The number of aryl methyl sites for hydroxylation is 3. The van der Waals surface area contributed by atoms with Crippen LogP contribution in [0.25, 0.3) is 0 Å². The fraction of sp³-hybridized carbons (Fsp3) is 0.438. The number of thiophene rings is 1. The molecular weight excluding hydrogens is 348 g/mol. The van der Waals surface area contributed by atoms with Crippen molar-refractivity contribution in [3.8, 4) is 0 Å². The maximum atomic E-state index is 12.8. The van der Waals surface area contributed by atoms with Gasteiger partial charge in [-0.2, -0.15) is 4.31 Å². The topological polar surface area (TPSA) is 70.8 Å². The first-order valence-electron chi connectivity index (χ1n) is 7.71. The van der Waals surface area contributed by atoms with Crippen LogP contribution in [0.5, 0.6) is 0 Å². The molecule has 0 aromatic carbocycles. The highest BCUT2D eigenvalue weighted by Crippen LogP contribution is 2.28. The molecule has 1 amide bonds. The third-order valence-electron chi connectivity index (χ3n) is 4.20. The van der Waals surface area contributed by atoms with Crippen molar-refractivity contribution in [1.29, 1.82) is 0 Å². The van der Waals surface area contributed by atoms with Crippen molar-refractivity contribution in [3.63, 3.8) is 0 Å². The summed E-state index contributed by atoms with van der Waals surface area (Å²) in [5, 5.41) is 0. The van der Waals surface area contributed by atoms with Gasteiger partial charge in [-0.15, -0.1) is 11.3 Å². The Hall–Kier alpha value is -1.64. The number of hydrogen-bond donors (Lipinski definition) is 0. The maximum absolute atomic E-state index is 12.8. The van der Waals surface area contributed by atoms with Gasteiger partial charge in [0.1, 0.15) is 0 Å². The Kier molecular flexibility index (Phi) is 4.54. The summed E-state index contributed by atoms with van der Waals surface area (Å²) in [5.41, 5.74) is 0.791. The molecule has 8 heteroatoms. The molecular formula is C16H20N2O4S2. The first-order valence-corrected chi connectivity index (χ1v) is 9.97. The molecule has 1 saturated heterocycles. The Balaban J connectivity index is 1.72. The number of furan rings is 1. The smallest absolute Gasteiger partial charge is 0.289 e. The van der Waals surface area contributed by atoms with Gasteiger partial charge in [-0.3, -0.25) is 4.79 Å². The van der Waals surface area contributed by atoms with Crippen LogP contribution in [0.2, 0.25) is 0 Å². The van der Waals surface area contributed by atoms with Gasteiger partial charge in [0, 0.05) is 41.5 Å². The average Bonchev–Trinajstić information content (AvgIpc) is 3.12. The molecule has 0 aliphatic carbocycles. The van der Waals surface area contributed by atoms with Gasteiger partial charge in [-0.05, 0) is 32.9 Å². The van der Waals surface area contributed by atoms with Crippen molar-refractivity contribution >= 4 is 27.3 Å². The first-order chi connectivity index (χ1) is 11.3. The van der Waals surface area contributed by atoms with Crippen molar-refractivity contribution < 1.29 is 17.6 Å². The zero-order chi connectivity index (χ0) is 17.5. The second-order valence-corrected chi connectivity index (χ2v) is 9.27. The largest absolute Gasteiger partial charge is 0.459 e. The van der Waals surface area contributed by atoms with Crippen LogP contribution in [0.4, 0.5) is 0 Å². The molecule has 0 spiro atoms. The highest BCUT2D eigenvalue weighted by molar-refractivity contribution is 7.89. The van der Waals surface area contributed by atoms with E-state index in [4.69, 9.17) is 4.42 Å². The predicted octanol–water partition coefficient (Wildman–Crippen LogP) is 2.41. The molecule has 3 heterocycles. The molecule has 2 aromatic rings. The number of rotatable bonds is 3.